The molecule has 5 heteroatoms. The van der Waals surface area contributed by atoms with Gasteiger partial charge in [-0.15, -0.1) is 53.6 Å². The van der Waals surface area contributed by atoms with Gasteiger partial charge in [-0.2, -0.15) is 0 Å². The minimum Gasteiger partial charge on any atom is -0.501 e. The van der Waals surface area contributed by atoms with Crippen molar-refractivity contribution in [2.75, 3.05) is 0 Å². The molecule has 68 heavy (non-hydrogen) atoms. The van der Waals surface area contributed by atoms with Crippen LogP contribution >= 0.6 is 0 Å². The van der Waals surface area contributed by atoms with Gasteiger partial charge < -0.3 is 14.0 Å². The Kier molecular flexibility index (Phi) is 12.5. The van der Waals surface area contributed by atoms with Crippen molar-refractivity contribution in [1.29, 1.82) is 0 Å². The van der Waals surface area contributed by atoms with Crippen LogP contribution in [0.4, 0.5) is 0 Å². The quantitative estimate of drug-likeness (QED) is 0.149. The maximum absolute atomic E-state index is 7.35. The molecule has 0 bridgehead atoms. The number of imidazole rings is 1. The van der Waals surface area contributed by atoms with Gasteiger partial charge in [-0.3, -0.25) is 4.98 Å². The van der Waals surface area contributed by atoms with Gasteiger partial charge in [0.15, 0.2) is 0 Å². The number of rotatable bonds is 7. The molecule has 0 saturated heterocycles. The fourth-order valence-electron chi connectivity index (χ4n) is 8.92. The van der Waals surface area contributed by atoms with Crippen LogP contribution in [-0.4, -0.2) is 14.5 Å². The molecule has 345 valence electrons. The topological polar surface area (TPSA) is 43.9 Å². The Morgan fingerprint density at radius 3 is 1.90 bits per heavy atom. The molecule has 4 nitrogen and oxygen atoms in total. The van der Waals surface area contributed by atoms with Gasteiger partial charge in [0.05, 0.1) is 22.4 Å². The summed E-state index contributed by atoms with van der Waals surface area (Å²) < 4.78 is 31.2. The molecule has 0 amide bonds. The van der Waals surface area contributed by atoms with Crippen LogP contribution in [0.5, 0.6) is 0 Å². The van der Waals surface area contributed by atoms with E-state index in [1.807, 2.05) is 24.3 Å². The zero-order valence-electron chi connectivity index (χ0n) is 43.7. The molecule has 0 aliphatic heterocycles. The van der Waals surface area contributed by atoms with Crippen LogP contribution in [0.25, 0.3) is 83.6 Å². The summed E-state index contributed by atoms with van der Waals surface area (Å²) in [6, 6.07) is 59.5. The van der Waals surface area contributed by atoms with Gasteiger partial charge in [0.25, 0.3) is 0 Å². The summed E-state index contributed by atoms with van der Waals surface area (Å²) in [6.45, 7) is 20.3. The fraction of sp³-hybridized carbons (Fsp3) is 0.238. The molecule has 0 unspecified atom stereocenters. The number of aryl methyl sites for hydroxylation is 1. The molecule has 0 atom stereocenters. The number of benzene rings is 7. The molecule has 0 saturated carbocycles. The Hall–Kier alpha value is -6.39. The van der Waals surface area contributed by atoms with E-state index in [9.17, 15) is 0 Å². The Labute approximate surface area is 421 Å². The van der Waals surface area contributed by atoms with Crippen molar-refractivity contribution in [3.05, 3.63) is 198 Å². The van der Waals surface area contributed by atoms with Gasteiger partial charge in [-0.05, 0) is 110 Å². The third-order valence-electron chi connectivity index (χ3n) is 12.8. The van der Waals surface area contributed by atoms with Crippen molar-refractivity contribution in [2.24, 2.45) is 0 Å². The van der Waals surface area contributed by atoms with Gasteiger partial charge >= 0.3 is 0 Å². The van der Waals surface area contributed by atoms with E-state index in [1.54, 1.807) is 12.1 Å². The predicted octanol–water partition coefficient (Wildman–Crippen LogP) is 17.4. The number of furan rings is 1. The molecule has 3 heterocycles. The second-order valence-corrected chi connectivity index (χ2v) is 20.3. The normalized spacial score (nSPS) is 12.7. The summed E-state index contributed by atoms with van der Waals surface area (Å²) in [4.78, 5) is 9.58. The standard InChI is InChI=1S/C47H43N2O.C16H18N.Ir/c1-29(2)39-26-34(32-20-23-35(24-21-32)47(5,6)7)27-40(30(3)4)44(39)49-42-19-12-11-18-41(42)48-46(49)38-17-13-16-37-36-25-22-33(28-43(36)50-45(37)38)31-14-9-8-10-15-31;1-12-8-9-15(17-11-12)13-6-5-7-14(10-13)16(2,3)4;/h8-16,18-30H,1-7H3;5,7-11H,1-4H3;/q2*-1;/i;1D3;. The molecule has 0 fully saturated rings. The van der Waals surface area contributed by atoms with Crippen LogP contribution in [0.1, 0.15) is 113 Å². The van der Waals surface area contributed by atoms with Gasteiger partial charge in [0, 0.05) is 41.5 Å². The van der Waals surface area contributed by atoms with E-state index >= 15 is 0 Å². The van der Waals surface area contributed by atoms with Crippen molar-refractivity contribution in [2.45, 2.75) is 98.8 Å². The van der Waals surface area contributed by atoms with Crippen molar-refractivity contribution >= 4 is 33.0 Å². The Morgan fingerprint density at radius 2 is 1.25 bits per heavy atom. The summed E-state index contributed by atoms with van der Waals surface area (Å²) in [6.07, 6.45) is 1.42. The molecule has 10 aromatic rings. The van der Waals surface area contributed by atoms with E-state index < -0.39 is 6.85 Å². The van der Waals surface area contributed by atoms with Crippen molar-refractivity contribution < 1.29 is 28.6 Å². The van der Waals surface area contributed by atoms with Crippen LogP contribution in [0.15, 0.2) is 162 Å². The fourth-order valence-corrected chi connectivity index (χ4v) is 8.92. The zero-order chi connectivity index (χ0) is 49.7. The van der Waals surface area contributed by atoms with Crippen LogP contribution in [0.2, 0.25) is 0 Å². The Bertz CT molecular complexity index is 3450. The van der Waals surface area contributed by atoms with Gasteiger partial charge in [0.1, 0.15) is 5.58 Å². The molecule has 7 aromatic carbocycles. The monoisotopic (exact) mass is 1070 g/mol. The third kappa shape index (κ3) is 9.66. The van der Waals surface area contributed by atoms with Crippen LogP contribution in [0, 0.1) is 19.0 Å². The number of nitrogens with zero attached hydrogens (tertiary/aromatic N) is 3. The molecule has 0 aliphatic rings. The van der Waals surface area contributed by atoms with Gasteiger partial charge in [-0.25, -0.2) is 0 Å². The first kappa shape index (κ1) is 44.1. The van der Waals surface area contributed by atoms with E-state index in [2.05, 4.69) is 206 Å². The van der Waals surface area contributed by atoms with Crippen molar-refractivity contribution in [3.63, 3.8) is 0 Å². The maximum Gasteiger partial charge on any atom is 0.121 e. The number of pyridine rings is 1. The largest absolute Gasteiger partial charge is 0.501 e. The zero-order valence-corrected chi connectivity index (χ0v) is 43.1. The van der Waals surface area contributed by atoms with Gasteiger partial charge in [0.2, 0.25) is 0 Å². The minimum absolute atomic E-state index is 0. The average molecular weight is 1070 g/mol. The van der Waals surface area contributed by atoms with Crippen molar-refractivity contribution in [1.82, 2.24) is 14.5 Å². The molecule has 10 rings (SSSR count). The number of fused-ring (bicyclic) bond motifs is 4. The summed E-state index contributed by atoms with van der Waals surface area (Å²) >= 11 is 0. The average Bonchev–Trinajstić information content (AvgIpc) is 3.92. The smallest absolute Gasteiger partial charge is 0.121 e. The molecular formula is C63H61IrN3O-2. The molecule has 3 aromatic heterocycles. The van der Waals surface area contributed by atoms with E-state index in [0.29, 0.717) is 0 Å². The first-order chi connectivity index (χ1) is 33.3. The van der Waals surface area contributed by atoms with Gasteiger partial charge in [-0.1, -0.05) is 171 Å². The van der Waals surface area contributed by atoms with E-state index in [0.717, 1.165) is 61.2 Å². The summed E-state index contributed by atoms with van der Waals surface area (Å²) in [5.41, 5.74) is 17.7. The second kappa shape index (κ2) is 19.3. The number of para-hydroxylation sites is 2. The molecule has 0 N–H and O–H groups in total. The Balaban J connectivity index is 0.000000271. The van der Waals surface area contributed by atoms with E-state index in [1.165, 1.54) is 50.8 Å². The number of hydrogen-bond donors (Lipinski definition) is 0. The Morgan fingerprint density at radius 1 is 0.603 bits per heavy atom. The van der Waals surface area contributed by atoms with E-state index in [4.69, 9.17) is 13.5 Å². The number of aromatic nitrogens is 3. The second-order valence-electron chi connectivity index (χ2n) is 20.3. The SMILES string of the molecule is CC(C)c1cc(-c2ccc(C(C)(C)C)cc2)cc(C(C)C)c1-n1c(-c2[c-]ccc3c2oc2cc(-c4ccccc4)ccc23)nc2ccccc21.[2H]C([2H])([2H])c1ccc(-c2[c-]ccc(C(C)(C)C)c2)nc1.[Ir]. The van der Waals surface area contributed by atoms with Crippen LogP contribution in [0.3, 0.4) is 0 Å². The molecule has 0 aliphatic carbocycles. The van der Waals surface area contributed by atoms with Crippen molar-refractivity contribution in [3.8, 4) is 50.6 Å². The molecular weight excluding hydrogens is 1010 g/mol. The summed E-state index contributed by atoms with van der Waals surface area (Å²) in [5, 5.41) is 2.15. The molecule has 0 spiro atoms. The number of hydrogen-bond acceptors (Lipinski definition) is 3. The van der Waals surface area contributed by atoms with Crippen LogP contribution < -0.4 is 0 Å². The maximum atomic E-state index is 7.35. The minimum atomic E-state index is -2.11. The van der Waals surface area contributed by atoms with E-state index in [-0.39, 0.29) is 48.3 Å². The summed E-state index contributed by atoms with van der Waals surface area (Å²) in [7, 11) is 0. The predicted molar refractivity (Wildman–Crippen MR) is 282 cm³/mol. The summed E-state index contributed by atoms with van der Waals surface area (Å²) in [5.74, 6) is 1.38. The first-order valence-electron chi connectivity index (χ1n) is 24.9. The molecule has 1 radical (unpaired) electrons. The first-order valence-corrected chi connectivity index (χ1v) is 23.4. The third-order valence-corrected chi connectivity index (χ3v) is 12.8. The van der Waals surface area contributed by atoms with Crippen LogP contribution in [-0.2, 0) is 30.9 Å².